The predicted molar refractivity (Wildman–Crippen MR) is 154 cm³/mol. The van der Waals surface area contributed by atoms with E-state index in [0.717, 1.165) is 71.1 Å². The largest absolute Gasteiger partial charge is 0.494 e. The number of ether oxygens (including phenoxy) is 3. The number of Topliss-reactive ketones (excluding diaryl/α,β-unsaturated/α-hetero) is 1. The quantitative estimate of drug-likeness (QED) is 0.264. The lowest BCUT2D eigenvalue weighted by Gasteiger charge is -2.37. The first-order chi connectivity index (χ1) is 19.2. The summed E-state index contributed by atoms with van der Waals surface area (Å²) in [5.74, 6) is 2.66. The summed E-state index contributed by atoms with van der Waals surface area (Å²) in [6, 6.07) is 26.8. The highest BCUT2D eigenvalue weighted by Gasteiger charge is 2.39. The standard InChI is InChI=1S/C34H31NO4/c1-2-3-16-37-25-12-8-21(9-13-25)24-17-27-32-26-7-5-4-6-22(26)10-14-28(32)35-34(33(27)29(36)18-24)23-11-15-30-31(19-23)39-20-38-30/h4-15,19,24,34-35H,2-3,16-18,20H2,1H3/t24-,34+/m0/s1. The first-order valence-electron chi connectivity index (χ1n) is 13.9. The third-order valence-corrected chi connectivity index (χ3v) is 8.18. The molecule has 0 aromatic heterocycles. The molecule has 2 atom stereocenters. The Labute approximate surface area is 228 Å². The van der Waals surface area contributed by atoms with Crippen molar-refractivity contribution in [3.8, 4) is 17.2 Å². The second-order valence-electron chi connectivity index (χ2n) is 10.6. The fourth-order valence-electron chi connectivity index (χ4n) is 6.20. The van der Waals surface area contributed by atoms with Crippen molar-refractivity contribution < 1.29 is 19.0 Å². The maximum absolute atomic E-state index is 14.0. The van der Waals surface area contributed by atoms with Crippen molar-refractivity contribution in [3.05, 3.63) is 101 Å². The van der Waals surface area contributed by atoms with Crippen LogP contribution < -0.4 is 19.5 Å². The average Bonchev–Trinajstić information content (AvgIpc) is 3.45. The summed E-state index contributed by atoms with van der Waals surface area (Å²) >= 11 is 0. The third kappa shape index (κ3) is 4.22. The van der Waals surface area contributed by atoms with E-state index >= 15 is 0 Å². The zero-order valence-electron chi connectivity index (χ0n) is 22.0. The number of carbonyl (C=O) groups excluding carboxylic acids is 1. The van der Waals surface area contributed by atoms with Crippen molar-refractivity contribution in [2.75, 3.05) is 18.7 Å². The van der Waals surface area contributed by atoms with Crippen LogP contribution in [0.4, 0.5) is 5.69 Å². The van der Waals surface area contributed by atoms with Crippen LogP contribution in [-0.4, -0.2) is 19.2 Å². The van der Waals surface area contributed by atoms with Crippen molar-refractivity contribution in [1.82, 2.24) is 0 Å². The molecule has 0 radical (unpaired) electrons. The minimum atomic E-state index is -0.244. The Kier molecular flexibility index (Phi) is 5.99. The van der Waals surface area contributed by atoms with Crippen LogP contribution in [-0.2, 0) is 4.79 Å². The number of allylic oxidation sites excluding steroid dienone is 1. The number of nitrogens with one attached hydrogen (secondary N) is 1. The molecule has 0 saturated carbocycles. The molecule has 2 heterocycles. The molecular formula is C34H31NO4. The van der Waals surface area contributed by atoms with Gasteiger partial charge in [0.2, 0.25) is 6.79 Å². The van der Waals surface area contributed by atoms with Crippen LogP contribution in [0.1, 0.15) is 61.3 Å². The van der Waals surface area contributed by atoms with Crippen LogP contribution in [0.2, 0.25) is 0 Å². The van der Waals surface area contributed by atoms with Gasteiger partial charge in [-0.15, -0.1) is 0 Å². The molecule has 5 nitrogen and oxygen atoms in total. The maximum atomic E-state index is 14.0. The zero-order chi connectivity index (χ0) is 26.3. The van der Waals surface area contributed by atoms with E-state index in [1.54, 1.807) is 0 Å². The molecule has 39 heavy (non-hydrogen) atoms. The number of rotatable bonds is 6. The fourth-order valence-corrected chi connectivity index (χ4v) is 6.20. The summed E-state index contributed by atoms with van der Waals surface area (Å²) in [4.78, 5) is 14.0. The van der Waals surface area contributed by atoms with Gasteiger partial charge in [0.25, 0.3) is 0 Å². The van der Waals surface area contributed by atoms with Crippen LogP contribution in [0, 0.1) is 0 Å². The van der Waals surface area contributed by atoms with Crippen molar-refractivity contribution >= 4 is 27.8 Å². The molecule has 196 valence electrons. The van der Waals surface area contributed by atoms with Crippen LogP contribution in [0.3, 0.4) is 0 Å². The molecule has 4 aromatic carbocycles. The summed E-state index contributed by atoms with van der Waals surface area (Å²) in [6.45, 7) is 3.11. The number of fused-ring (bicyclic) bond motifs is 5. The van der Waals surface area contributed by atoms with Crippen molar-refractivity contribution in [3.63, 3.8) is 0 Å². The summed E-state index contributed by atoms with van der Waals surface area (Å²) in [6.07, 6.45) is 3.44. The first kappa shape index (κ1) is 23.8. The van der Waals surface area contributed by atoms with Crippen molar-refractivity contribution in [2.24, 2.45) is 0 Å². The van der Waals surface area contributed by atoms with Crippen LogP contribution in [0.25, 0.3) is 16.3 Å². The number of hydrogen-bond donors (Lipinski definition) is 1. The highest BCUT2D eigenvalue weighted by atomic mass is 16.7. The number of benzene rings is 4. The molecule has 0 bridgehead atoms. The van der Waals surface area contributed by atoms with Crippen LogP contribution in [0.5, 0.6) is 17.2 Å². The lowest BCUT2D eigenvalue weighted by molar-refractivity contribution is -0.116. The molecule has 0 unspecified atom stereocenters. The SMILES string of the molecule is CCCCOc1ccc([C@@H]2CC(=O)C3=C(C2)c2c(ccc4ccccc24)N[C@@H]3c2ccc3c(c2)OCO3)cc1. The smallest absolute Gasteiger partial charge is 0.231 e. The average molecular weight is 518 g/mol. The predicted octanol–water partition coefficient (Wildman–Crippen LogP) is 7.81. The van der Waals surface area contributed by atoms with E-state index < -0.39 is 0 Å². The summed E-state index contributed by atoms with van der Waals surface area (Å²) in [5, 5.41) is 6.07. The van der Waals surface area contributed by atoms with Gasteiger partial charge in [-0.2, -0.15) is 0 Å². The Morgan fingerprint density at radius 3 is 2.59 bits per heavy atom. The molecule has 3 aliphatic rings. The number of hydrogen-bond acceptors (Lipinski definition) is 5. The zero-order valence-corrected chi connectivity index (χ0v) is 22.0. The number of unbranched alkanes of at least 4 members (excludes halogenated alkanes) is 1. The van der Waals surface area contributed by atoms with Gasteiger partial charge in [-0.25, -0.2) is 0 Å². The molecule has 1 N–H and O–H groups in total. The number of carbonyl (C=O) groups is 1. The Hall–Kier alpha value is -4.25. The normalized spacial score (nSPS) is 19.5. The van der Waals surface area contributed by atoms with E-state index in [-0.39, 0.29) is 24.5 Å². The van der Waals surface area contributed by atoms with E-state index in [2.05, 4.69) is 60.8 Å². The van der Waals surface area contributed by atoms with Gasteiger partial charge in [-0.1, -0.05) is 61.9 Å². The number of anilines is 1. The minimum Gasteiger partial charge on any atom is -0.494 e. The molecule has 4 aromatic rings. The summed E-state index contributed by atoms with van der Waals surface area (Å²) in [7, 11) is 0. The van der Waals surface area contributed by atoms with E-state index in [9.17, 15) is 4.79 Å². The third-order valence-electron chi connectivity index (χ3n) is 8.18. The van der Waals surface area contributed by atoms with Crippen molar-refractivity contribution in [1.29, 1.82) is 0 Å². The van der Waals surface area contributed by atoms with E-state index in [0.29, 0.717) is 6.42 Å². The van der Waals surface area contributed by atoms with Crippen LogP contribution in [0.15, 0.2) is 84.4 Å². The number of ketones is 1. The summed E-state index contributed by atoms with van der Waals surface area (Å²) in [5.41, 5.74) is 6.41. The molecule has 1 aliphatic carbocycles. The monoisotopic (exact) mass is 517 g/mol. The highest BCUT2D eigenvalue weighted by Crippen LogP contribution is 2.51. The van der Waals surface area contributed by atoms with Gasteiger partial charge in [-0.3, -0.25) is 4.79 Å². The second-order valence-corrected chi connectivity index (χ2v) is 10.6. The Morgan fingerprint density at radius 1 is 0.897 bits per heavy atom. The van der Waals surface area contributed by atoms with E-state index in [4.69, 9.17) is 14.2 Å². The first-order valence-corrected chi connectivity index (χ1v) is 13.9. The fraction of sp³-hybridized carbons (Fsp3) is 0.265. The van der Waals surface area contributed by atoms with Gasteiger partial charge in [0, 0.05) is 23.2 Å². The van der Waals surface area contributed by atoms with E-state index in [1.165, 1.54) is 16.3 Å². The molecular weight excluding hydrogens is 486 g/mol. The molecule has 0 saturated heterocycles. The molecule has 2 aliphatic heterocycles. The summed E-state index contributed by atoms with van der Waals surface area (Å²) < 4.78 is 17.1. The molecule has 5 heteroatoms. The second kappa shape index (κ2) is 9.81. The maximum Gasteiger partial charge on any atom is 0.231 e. The molecule has 0 fully saturated rings. The lowest BCUT2D eigenvalue weighted by Crippen LogP contribution is -2.29. The Bertz CT molecular complexity index is 1600. The molecule has 0 amide bonds. The topological polar surface area (TPSA) is 56.8 Å². The van der Waals surface area contributed by atoms with Gasteiger partial charge in [0.1, 0.15) is 5.75 Å². The molecule has 0 spiro atoms. The molecule has 7 rings (SSSR count). The van der Waals surface area contributed by atoms with Gasteiger partial charge in [-0.05, 0) is 76.6 Å². The van der Waals surface area contributed by atoms with Crippen molar-refractivity contribution in [2.45, 2.75) is 44.6 Å². The van der Waals surface area contributed by atoms with Gasteiger partial charge in [0.05, 0.1) is 12.6 Å². The Balaban J connectivity index is 1.31. The highest BCUT2D eigenvalue weighted by molar-refractivity contribution is 6.13. The van der Waals surface area contributed by atoms with Gasteiger partial charge < -0.3 is 19.5 Å². The van der Waals surface area contributed by atoms with Gasteiger partial charge in [0.15, 0.2) is 17.3 Å². The van der Waals surface area contributed by atoms with E-state index in [1.807, 2.05) is 30.3 Å². The van der Waals surface area contributed by atoms with Crippen LogP contribution >= 0.6 is 0 Å². The minimum absolute atomic E-state index is 0.114. The Morgan fingerprint density at radius 2 is 1.72 bits per heavy atom. The van der Waals surface area contributed by atoms with Gasteiger partial charge >= 0.3 is 0 Å². The lowest BCUT2D eigenvalue weighted by atomic mass is 9.71.